The van der Waals surface area contributed by atoms with Crippen LogP contribution in [0.4, 0.5) is 4.79 Å². The van der Waals surface area contributed by atoms with Gasteiger partial charge < -0.3 is 10.1 Å². The summed E-state index contributed by atoms with van der Waals surface area (Å²) in [4.78, 5) is 19.9. The molecule has 0 aliphatic heterocycles. The number of pyridine rings is 2. The number of hydrogen-bond donors (Lipinski definition) is 1. The SMILES string of the molecule is Cn1cc(-c2cncc(CNC(=O)OCc3ccncc3)c2)cn1. The van der Waals surface area contributed by atoms with Gasteiger partial charge in [0.2, 0.25) is 0 Å². The van der Waals surface area contributed by atoms with Gasteiger partial charge in [0.1, 0.15) is 6.61 Å². The van der Waals surface area contributed by atoms with Crippen molar-refractivity contribution in [2.75, 3.05) is 0 Å². The van der Waals surface area contributed by atoms with Gasteiger partial charge in [-0.2, -0.15) is 5.10 Å². The van der Waals surface area contributed by atoms with E-state index in [-0.39, 0.29) is 6.61 Å². The van der Waals surface area contributed by atoms with Crippen molar-refractivity contribution in [2.24, 2.45) is 7.05 Å². The van der Waals surface area contributed by atoms with Crippen LogP contribution in [0.5, 0.6) is 0 Å². The Kier molecular flexibility index (Phi) is 4.81. The number of carbonyl (C=O) groups excluding carboxylic acids is 1. The Labute approximate surface area is 139 Å². The van der Waals surface area contributed by atoms with Crippen LogP contribution in [0.2, 0.25) is 0 Å². The minimum atomic E-state index is -0.474. The largest absolute Gasteiger partial charge is 0.445 e. The number of aryl methyl sites for hydroxylation is 1. The number of hydrogen-bond acceptors (Lipinski definition) is 5. The molecule has 1 N–H and O–H groups in total. The van der Waals surface area contributed by atoms with Crippen molar-refractivity contribution in [1.82, 2.24) is 25.1 Å². The van der Waals surface area contributed by atoms with Gasteiger partial charge in [-0.05, 0) is 29.3 Å². The van der Waals surface area contributed by atoms with E-state index in [1.54, 1.807) is 47.8 Å². The number of nitrogens with zero attached hydrogens (tertiary/aromatic N) is 4. The summed E-state index contributed by atoms with van der Waals surface area (Å²) in [5.74, 6) is 0. The molecular weight excluding hydrogens is 306 g/mol. The quantitative estimate of drug-likeness (QED) is 0.779. The number of amides is 1. The third kappa shape index (κ3) is 4.16. The maximum absolute atomic E-state index is 11.8. The molecule has 0 radical (unpaired) electrons. The zero-order valence-corrected chi connectivity index (χ0v) is 13.2. The van der Waals surface area contributed by atoms with Crippen molar-refractivity contribution in [2.45, 2.75) is 13.2 Å². The first kappa shape index (κ1) is 15.7. The van der Waals surface area contributed by atoms with Gasteiger partial charge in [-0.25, -0.2) is 4.79 Å². The van der Waals surface area contributed by atoms with Crippen LogP contribution >= 0.6 is 0 Å². The van der Waals surface area contributed by atoms with Gasteiger partial charge in [0.05, 0.1) is 6.20 Å². The Balaban J connectivity index is 1.54. The number of alkyl carbamates (subject to hydrolysis) is 1. The van der Waals surface area contributed by atoms with Crippen LogP contribution < -0.4 is 5.32 Å². The smallest absolute Gasteiger partial charge is 0.407 e. The molecule has 3 aromatic rings. The highest BCUT2D eigenvalue weighted by atomic mass is 16.5. The first-order chi connectivity index (χ1) is 11.7. The Bertz CT molecular complexity index is 817. The van der Waals surface area contributed by atoms with Crippen LogP contribution in [-0.2, 0) is 24.9 Å². The zero-order chi connectivity index (χ0) is 16.8. The normalized spacial score (nSPS) is 10.4. The highest BCUT2D eigenvalue weighted by Crippen LogP contribution is 2.18. The minimum absolute atomic E-state index is 0.211. The summed E-state index contributed by atoms with van der Waals surface area (Å²) >= 11 is 0. The van der Waals surface area contributed by atoms with Gasteiger partial charge in [-0.1, -0.05) is 0 Å². The first-order valence-corrected chi connectivity index (χ1v) is 7.43. The number of rotatable bonds is 5. The predicted molar refractivity (Wildman–Crippen MR) is 87.7 cm³/mol. The molecule has 0 aliphatic carbocycles. The molecular formula is C17H17N5O2. The van der Waals surface area contributed by atoms with E-state index in [0.717, 1.165) is 22.3 Å². The molecule has 122 valence electrons. The molecule has 3 aromatic heterocycles. The highest BCUT2D eigenvalue weighted by Gasteiger charge is 2.05. The molecule has 0 spiro atoms. The van der Waals surface area contributed by atoms with E-state index in [4.69, 9.17) is 4.74 Å². The van der Waals surface area contributed by atoms with E-state index in [2.05, 4.69) is 20.4 Å². The lowest BCUT2D eigenvalue weighted by Gasteiger charge is -2.07. The van der Waals surface area contributed by atoms with Gasteiger partial charge in [-0.15, -0.1) is 0 Å². The monoisotopic (exact) mass is 323 g/mol. The fourth-order valence-corrected chi connectivity index (χ4v) is 2.17. The fraction of sp³-hybridized carbons (Fsp3) is 0.176. The molecule has 7 nitrogen and oxygen atoms in total. The average molecular weight is 323 g/mol. The summed E-state index contributed by atoms with van der Waals surface area (Å²) in [6, 6.07) is 5.57. The zero-order valence-electron chi connectivity index (χ0n) is 13.2. The Morgan fingerprint density at radius 1 is 1.12 bits per heavy atom. The standard InChI is InChI=1S/C17H17N5O2/c1-22-11-16(10-21-22)15-6-14(7-19-9-15)8-20-17(23)24-12-13-2-4-18-5-3-13/h2-7,9-11H,8,12H2,1H3,(H,20,23). The molecule has 0 saturated carbocycles. The molecule has 0 atom stereocenters. The summed E-state index contributed by atoms with van der Waals surface area (Å²) in [6.07, 6.45) is 10.0. The van der Waals surface area contributed by atoms with Crippen LogP contribution in [0.1, 0.15) is 11.1 Å². The van der Waals surface area contributed by atoms with E-state index >= 15 is 0 Å². The van der Waals surface area contributed by atoms with Gasteiger partial charge in [-0.3, -0.25) is 14.6 Å². The molecule has 0 aliphatic rings. The number of nitrogens with one attached hydrogen (secondary N) is 1. The molecule has 0 aromatic carbocycles. The van der Waals surface area contributed by atoms with Crippen molar-refractivity contribution in [1.29, 1.82) is 0 Å². The Morgan fingerprint density at radius 3 is 2.71 bits per heavy atom. The van der Waals surface area contributed by atoms with E-state index in [1.807, 2.05) is 19.3 Å². The van der Waals surface area contributed by atoms with E-state index < -0.39 is 6.09 Å². The van der Waals surface area contributed by atoms with E-state index in [0.29, 0.717) is 6.54 Å². The molecule has 3 rings (SSSR count). The lowest BCUT2D eigenvalue weighted by Crippen LogP contribution is -2.23. The van der Waals surface area contributed by atoms with Crippen LogP contribution in [0.15, 0.2) is 55.4 Å². The van der Waals surface area contributed by atoms with Gasteiger partial charge in [0.15, 0.2) is 0 Å². The summed E-state index contributed by atoms with van der Waals surface area (Å²) in [5.41, 5.74) is 3.71. The summed E-state index contributed by atoms with van der Waals surface area (Å²) in [6.45, 7) is 0.554. The topological polar surface area (TPSA) is 81.9 Å². The number of carbonyl (C=O) groups is 1. The molecule has 1 amide bonds. The average Bonchev–Trinajstić information content (AvgIpc) is 3.06. The Morgan fingerprint density at radius 2 is 1.96 bits per heavy atom. The number of aromatic nitrogens is 4. The maximum atomic E-state index is 11.8. The lowest BCUT2D eigenvalue weighted by atomic mass is 10.1. The highest BCUT2D eigenvalue weighted by molar-refractivity contribution is 5.67. The van der Waals surface area contributed by atoms with Crippen molar-refractivity contribution < 1.29 is 9.53 Å². The third-order valence-electron chi connectivity index (χ3n) is 3.39. The molecule has 0 fully saturated rings. The molecule has 3 heterocycles. The second-order valence-corrected chi connectivity index (χ2v) is 5.27. The molecule has 7 heteroatoms. The summed E-state index contributed by atoms with van der Waals surface area (Å²) in [7, 11) is 1.86. The van der Waals surface area contributed by atoms with E-state index in [9.17, 15) is 4.79 Å². The van der Waals surface area contributed by atoms with Gasteiger partial charge in [0.25, 0.3) is 0 Å². The lowest BCUT2D eigenvalue weighted by molar-refractivity contribution is 0.139. The van der Waals surface area contributed by atoms with Crippen LogP contribution in [0.3, 0.4) is 0 Å². The van der Waals surface area contributed by atoms with Crippen LogP contribution in [0, 0.1) is 0 Å². The molecule has 0 saturated heterocycles. The van der Waals surface area contributed by atoms with Crippen molar-refractivity contribution in [3.05, 3.63) is 66.5 Å². The second kappa shape index (κ2) is 7.36. The van der Waals surface area contributed by atoms with E-state index in [1.165, 1.54) is 0 Å². The second-order valence-electron chi connectivity index (χ2n) is 5.27. The van der Waals surface area contributed by atoms with Crippen LogP contribution in [0.25, 0.3) is 11.1 Å². The van der Waals surface area contributed by atoms with Gasteiger partial charge in [0, 0.05) is 55.7 Å². The first-order valence-electron chi connectivity index (χ1n) is 7.43. The summed E-state index contributed by atoms with van der Waals surface area (Å²) < 4.78 is 6.89. The fourth-order valence-electron chi connectivity index (χ4n) is 2.17. The Hall–Kier alpha value is -3.22. The minimum Gasteiger partial charge on any atom is -0.445 e. The predicted octanol–water partition coefficient (Wildman–Crippen LogP) is 2.30. The van der Waals surface area contributed by atoms with Crippen molar-refractivity contribution in [3.63, 3.8) is 0 Å². The summed E-state index contributed by atoms with van der Waals surface area (Å²) in [5, 5.41) is 6.86. The van der Waals surface area contributed by atoms with Crippen molar-refractivity contribution in [3.8, 4) is 11.1 Å². The van der Waals surface area contributed by atoms with Crippen LogP contribution in [-0.4, -0.2) is 25.8 Å². The number of ether oxygens (including phenoxy) is 1. The van der Waals surface area contributed by atoms with Crippen molar-refractivity contribution >= 4 is 6.09 Å². The molecule has 0 bridgehead atoms. The van der Waals surface area contributed by atoms with Gasteiger partial charge >= 0.3 is 6.09 Å². The molecule has 24 heavy (non-hydrogen) atoms. The molecule has 0 unspecified atom stereocenters. The third-order valence-corrected chi connectivity index (χ3v) is 3.39. The maximum Gasteiger partial charge on any atom is 0.407 e.